The SMILES string of the molecule is NCC1(Nc2ncc(C(F)(F)F)cc2Cl)CC1. The molecule has 0 amide bonds. The Labute approximate surface area is 101 Å². The summed E-state index contributed by atoms with van der Waals surface area (Å²) < 4.78 is 37.1. The Kier molecular flexibility index (Phi) is 2.95. The number of anilines is 1. The number of hydrogen-bond donors (Lipinski definition) is 2. The Morgan fingerprint density at radius 3 is 2.53 bits per heavy atom. The van der Waals surface area contributed by atoms with Crippen molar-refractivity contribution in [3.05, 3.63) is 22.8 Å². The first kappa shape index (κ1) is 12.4. The summed E-state index contributed by atoms with van der Waals surface area (Å²) in [6, 6.07) is 0.865. The van der Waals surface area contributed by atoms with Gasteiger partial charge in [-0.2, -0.15) is 13.2 Å². The zero-order valence-electron chi connectivity index (χ0n) is 8.81. The van der Waals surface area contributed by atoms with E-state index in [1.165, 1.54) is 0 Å². The van der Waals surface area contributed by atoms with Crippen LogP contribution >= 0.6 is 11.6 Å². The minimum Gasteiger partial charge on any atom is -0.362 e. The van der Waals surface area contributed by atoms with E-state index in [0.29, 0.717) is 6.54 Å². The average molecular weight is 266 g/mol. The molecule has 2 rings (SSSR count). The third kappa shape index (κ3) is 2.63. The van der Waals surface area contributed by atoms with Crippen LogP contribution in [0.5, 0.6) is 0 Å². The molecule has 1 saturated carbocycles. The number of pyridine rings is 1. The molecule has 0 saturated heterocycles. The van der Waals surface area contributed by atoms with Gasteiger partial charge < -0.3 is 11.1 Å². The van der Waals surface area contributed by atoms with Crippen LogP contribution in [0.25, 0.3) is 0 Å². The van der Waals surface area contributed by atoms with Crippen molar-refractivity contribution in [2.75, 3.05) is 11.9 Å². The molecule has 0 atom stereocenters. The number of rotatable bonds is 3. The number of nitrogens with two attached hydrogens (primary N) is 1. The highest BCUT2D eigenvalue weighted by molar-refractivity contribution is 6.33. The van der Waals surface area contributed by atoms with Gasteiger partial charge in [0.05, 0.1) is 16.1 Å². The first-order valence-corrected chi connectivity index (χ1v) is 5.45. The van der Waals surface area contributed by atoms with Gasteiger partial charge in [0, 0.05) is 12.7 Å². The van der Waals surface area contributed by atoms with Crippen molar-refractivity contribution in [2.24, 2.45) is 5.73 Å². The number of hydrogen-bond acceptors (Lipinski definition) is 3. The van der Waals surface area contributed by atoms with E-state index in [0.717, 1.165) is 25.1 Å². The second kappa shape index (κ2) is 4.03. The normalized spacial score (nSPS) is 17.9. The average Bonchev–Trinajstić information content (AvgIpc) is 3.00. The quantitative estimate of drug-likeness (QED) is 0.883. The van der Waals surface area contributed by atoms with E-state index in [2.05, 4.69) is 10.3 Å². The van der Waals surface area contributed by atoms with Crippen molar-refractivity contribution in [1.82, 2.24) is 4.98 Å². The molecule has 1 aliphatic rings. The molecule has 0 bridgehead atoms. The molecule has 1 fully saturated rings. The van der Waals surface area contributed by atoms with E-state index in [9.17, 15) is 13.2 Å². The molecule has 0 aromatic carbocycles. The minimum atomic E-state index is -4.43. The standard InChI is InChI=1S/C10H11ClF3N3/c11-7-3-6(10(12,13)14)4-16-8(7)17-9(5-15)1-2-9/h3-4H,1-2,5,15H2,(H,16,17). The largest absolute Gasteiger partial charge is 0.417 e. The first-order valence-electron chi connectivity index (χ1n) is 5.07. The van der Waals surface area contributed by atoms with Crippen molar-refractivity contribution in [3.8, 4) is 0 Å². The van der Waals surface area contributed by atoms with Gasteiger partial charge in [0.1, 0.15) is 5.82 Å². The highest BCUT2D eigenvalue weighted by Gasteiger charge is 2.42. The Bertz CT molecular complexity index is 429. The Balaban J connectivity index is 2.20. The molecule has 3 nitrogen and oxygen atoms in total. The van der Waals surface area contributed by atoms with Gasteiger partial charge >= 0.3 is 6.18 Å². The third-order valence-electron chi connectivity index (χ3n) is 2.80. The van der Waals surface area contributed by atoms with Crippen molar-refractivity contribution in [3.63, 3.8) is 0 Å². The molecule has 1 aliphatic carbocycles. The zero-order chi connectivity index (χ0) is 12.7. The van der Waals surface area contributed by atoms with Gasteiger partial charge in [-0.05, 0) is 18.9 Å². The van der Waals surface area contributed by atoms with Gasteiger partial charge in [0.2, 0.25) is 0 Å². The predicted octanol–water partition coefficient (Wildman–Crippen LogP) is 2.66. The smallest absolute Gasteiger partial charge is 0.362 e. The van der Waals surface area contributed by atoms with Gasteiger partial charge in [0.25, 0.3) is 0 Å². The van der Waals surface area contributed by atoms with E-state index in [1.807, 2.05) is 0 Å². The summed E-state index contributed by atoms with van der Waals surface area (Å²) in [5.74, 6) is 0.252. The van der Waals surface area contributed by atoms with E-state index >= 15 is 0 Å². The molecular formula is C10H11ClF3N3. The molecule has 3 N–H and O–H groups in total. The molecule has 0 radical (unpaired) electrons. The zero-order valence-corrected chi connectivity index (χ0v) is 9.57. The monoisotopic (exact) mass is 265 g/mol. The maximum Gasteiger partial charge on any atom is 0.417 e. The highest BCUT2D eigenvalue weighted by Crippen LogP contribution is 2.40. The Morgan fingerprint density at radius 2 is 2.12 bits per heavy atom. The first-order chi connectivity index (χ1) is 7.86. The minimum absolute atomic E-state index is 0.0421. The van der Waals surface area contributed by atoms with Crippen LogP contribution in [0.4, 0.5) is 19.0 Å². The van der Waals surface area contributed by atoms with Gasteiger partial charge in [-0.3, -0.25) is 0 Å². The molecule has 94 valence electrons. The topological polar surface area (TPSA) is 50.9 Å². The molecule has 7 heteroatoms. The van der Waals surface area contributed by atoms with Crippen LogP contribution in [0.2, 0.25) is 5.02 Å². The molecule has 0 aliphatic heterocycles. The van der Waals surface area contributed by atoms with Gasteiger partial charge in [0.15, 0.2) is 0 Å². The maximum absolute atomic E-state index is 12.4. The van der Waals surface area contributed by atoms with Crippen LogP contribution in [0.3, 0.4) is 0 Å². The van der Waals surface area contributed by atoms with Crippen LogP contribution < -0.4 is 11.1 Å². The van der Waals surface area contributed by atoms with Crippen LogP contribution in [0, 0.1) is 0 Å². The van der Waals surface area contributed by atoms with E-state index in [1.54, 1.807) is 0 Å². The fraction of sp³-hybridized carbons (Fsp3) is 0.500. The Morgan fingerprint density at radius 1 is 1.47 bits per heavy atom. The van der Waals surface area contributed by atoms with Crippen LogP contribution in [0.1, 0.15) is 18.4 Å². The van der Waals surface area contributed by atoms with E-state index in [4.69, 9.17) is 17.3 Å². The highest BCUT2D eigenvalue weighted by atomic mass is 35.5. The van der Waals surface area contributed by atoms with E-state index in [-0.39, 0.29) is 16.4 Å². The van der Waals surface area contributed by atoms with E-state index < -0.39 is 11.7 Å². The second-order valence-electron chi connectivity index (χ2n) is 4.16. The molecule has 0 spiro atoms. The maximum atomic E-state index is 12.4. The summed E-state index contributed by atoms with van der Waals surface area (Å²) in [6.45, 7) is 0.409. The second-order valence-corrected chi connectivity index (χ2v) is 4.57. The van der Waals surface area contributed by atoms with Crippen molar-refractivity contribution >= 4 is 17.4 Å². The van der Waals surface area contributed by atoms with Crippen LogP contribution in [0.15, 0.2) is 12.3 Å². The summed E-state index contributed by atoms with van der Waals surface area (Å²) in [5, 5.41) is 2.95. The predicted molar refractivity (Wildman–Crippen MR) is 58.9 cm³/mol. The lowest BCUT2D eigenvalue weighted by Gasteiger charge is -2.17. The lowest BCUT2D eigenvalue weighted by atomic mass is 10.2. The summed E-state index contributed by atoms with van der Waals surface area (Å²) in [5.41, 5.74) is 4.46. The number of aromatic nitrogens is 1. The molecular weight excluding hydrogens is 255 g/mol. The number of halogens is 4. The number of alkyl halides is 3. The lowest BCUT2D eigenvalue weighted by Crippen LogP contribution is -2.31. The van der Waals surface area contributed by atoms with Gasteiger partial charge in [-0.1, -0.05) is 11.6 Å². The van der Waals surface area contributed by atoms with Gasteiger partial charge in [-0.15, -0.1) is 0 Å². The molecule has 1 aromatic heterocycles. The van der Waals surface area contributed by atoms with Crippen molar-refractivity contribution < 1.29 is 13.2 Å². The number of nitrogens with one attached hydrogen (secondary N) is 1. The van der Waals surface area contributed by atoms with Crippen molar-refractivity contribution in [2.45, 2.75) is 24.6 Å². The fourth-order valence-corrected chi connectivity index (χ4v) is 1.68. The van der Waals surface area contributed by atoms with Crippen LogP contribution in [-0.4, -0.2) is 17.1 Å². The molecule has 1 heterocycles. The fourth-order valence-electron chi connectivity index (χ4n) is 1.47. The molecule has 1 aromatic rings. The Hall–Kier alpha value is -1.01. The number of nitrogens with zero attached hydrogens (tertiary/aromatic N) is 1. The lowest BCUT2D eigenvalue weighted by molar-refractivity contribution is -0.137. The molecule has 17 heavy (non-hydrogen) atoms. The van der Waals surface area contributed by atoms with Gasteiger partial charge in [-0.25, -0.2) is 4.98 Å². The van der Waals surface area contributed by atoms with Crippen LogP contribution in [-0.2, 0) is 6.18 Å². The summed E-state index contributed by atoms with van der Waals surface area (Å²) in [6.07, 6.45) is -1.91. The summed E-state index contributed by atoms with van der Waals surface area (Å²) >= 11 is 5.76. The summed E-state index contributed by atoms with van der Waals surface area (Å²) in [7, 11) is 0. The third-order valence-corrected chi connectivity index (χ3v) is 3.08. The summed E-state index contributed by atoms with van der Waals surface area (Å²) in [4.78, 5) is 3.70. The molecule has 0 unspecified atom stereocenters. The van der Waals surface area contributed by atoms with Crippen molar-refractivity contribution in [1.29, 1.82) is 0 Å².